The van der Waals surface area contributed by atoms with E-state index in [1.54, 1.807) is 11.6 Å². The third-order valence-electron chi connectivity index (χ3n) is 4.31. The second kappa shape index (κ2) is 7.67. The highest BCUT2D eigenvalue weighted by atomic mass is 79.9. The minimum Gasteiger partial charge on any atom is -0.394 e. The monoisotopic (exact) mass is 437 g/mol. The van der Waals surface area contributed by atoms with E-state index in [9.17, 15) is 14.7 Å². The Bertz CT molecular complexity index is 1080. The summed E-state index contributed by atoms with van der Waals surface area (Å²) in [7, 11) is 2.97. The number of anilines is 1. The number of hydrogen-bond donors (Lipinski definition) is 3. The Morgan fingerprint density at radius 1 is 1.19 bits per heavy atom. The average molecular weight is 438 g/mol. The standard InChI is InChI=1S/C17H20BrN5O4/c1-21-14-13(15(26)22(2)17(21)27)23(8-10-3-5-11(18)6-4-10)16(20-14)19-7-12(25)9-24/h3-6,12,24-25H,7-9H2,1-2H3,(H,19,20). The molecule has 1 unspecified atom stereocenters. The van der Waals surface area contributed by atoms with Gasteiger partial charge in [0.1, 0.15) is 0 Å². The fourth-order valence-electron chi connectivity index (χ4n) is 2.78. The van der Waals surface area contributed by atoms with Crippen molar-refractivity contribution in [2.45, 2.75) is 12.6 Å². The van der Waals surface area contributed by atoms with Gasteiger partial charge in [-0.05, 0) is 17.7 Å². The second-order valence-electron chi connectivity index (χ2n) is 6.24. The molecule has 2 aromatic heterocycles. The quantitative estimate of drug-likeness (QED) is 0.500. The van der Waals surface area contributed by atoms with E-state index in [0.29, 0.717) is 12.5 Å². The summed E-state index contributed by atoms with van der Waals surface area (Å²) in [5.74, 6) is 0.332. The fraction of sp³-hybridized carbons (Fsp3) is 0.353. The molecule has 0 amide bonds. The lowest BCUT2D eigenvalue weighted by Gasteiger charge is -2.13. The van der Waals surface area contributed by atoms with Crippen LogP contribution in [0.2, 0.25) is 0 Å². The van der Waals surface area contributed by atoms with Crippen molar-refractivity contribution >= 4 is 33.0 Å². The Labute approximate surface area is 162 Å². The van der Waals surface area contributed by atoms with Gasteiger partial charge < -0.3 is 15.5 Å². The predicted octanol–water partition coefficient (Wildman–Crippen LogP) is 0.00960. The molecule has 10 heteroatoms. The predicted molar refractivity (Wildman–Crippen MR) is 105 cm³/mol. The first kappa shape index (κ1) is 19.3. The summed E-state index contributed by atoms with van der Waals surface area (Å²) in [4.78, 5) is 29.3. The number of imidazole rings is 1. The van der Waals surface area contributed by atoms with E-state index in [2.05, 4.69) is 26.2 Å². The summed E-state index contributed by atoms with van der Waals surface area (Å²) in [5, 5.41) is 21.6. The minimum atomic E-state index is -0.974. The molecule has 2 heterocycles. The summed E-state index contributed by atoms with van der Waals surface area (Å²) in [6, 6.07) is 7.61. The number of fused-ring (bicyclic) bond motifs is 1. The van der Waals surface area contributed by atoms with Crippen LogP contribution in [0.25, 0.3) is 11.2 Å². The molecule has 27 heavy (non-hydrogen) atoms. The number of hydrogen-bond acceptors (Lipinski definition) is 6. The number of nitrogens with one attached hydrogen (secondary N) is 1. The molecule has 0 spiro atoms. The Hall–Kier alpha value is -2.43. The molecule has 1 aromatic carbocycles. The van der Waals surface area contributed by atoms with Gasteiger partial charge in [-0.1, -0.05) is 28.1 Å². The zero-order chi connectivity index (χ0) is 19.7. The Morgan fingerprint density at radius 2 is 1.85 bits per heavy atom. The molecule has 0 fully saturated rings. The van der Waals surface area contributed by atoms with Gasteiger partial charge >= 0.3 is 5.69 Å². The Morgan fingerprint density at radius 3 is 2.48 bits per heavy atom. The highest BCUT2D eigenvalue weighted by Gasteiger charge is 2.19. The maximum atomic E-state index is 12.7. The second-order valence-corrected chi connectivity index (χ2v) is 7.16. The first-order chi connectivity index (χ1) is 12.8. The van der Waals surface area contributed by atoms with Crippen molar-refractivity contribution in [3.8, 4) is 0 Å². The summed E-state index contributed by atoms with van der Waals surface area (Å²) in [6.45, 7) is -0.0105. The van der Waals surface area contributed by atoms with Crippen LogP contribution in [0.4, 0.5) is 5.95 Å². The molecule has 1 atom stereocenters. The molecule has 0 saturated carbocycles. The van der Waals surface area contributed by atoms with Gasteiger partial charge in [-0.3, -0.25) is 18.5 Å². The fourth-order valence-corrected chi connectivity index (χ4v) is 3.05. The molecule has 144 valence electrons. The number of aliphatic hydroxyl groups is 2. The van der Waals surface area contributed by atoms with Crippen LogP contribution >= 0.6 is 15.9 Å². The smallest absolute Gasteiger partial charge is 0.332 e. The zero-order valence-electron chi connectivity index (χ0n) is 14.9. The van der Waals surface area contributed by atoms with Gasteiger partial charge in [-0.25, -0.2) is 4.79 Å². The zero-order valence-corrected chi connectivity index (χ0v) is 16.5. The number of aliphatic hydroxyl groups excluding tert-OH is 2. The van der Waals surface area contributed by atoms with Gasteiger partial charge in [0.05, 0.1) is 19.3 Å². The van der Waals surface area contributed by atoms with Crippen molar-refractivity contribution in [1.82, 2.24) is 18.7 Å². The van der Waals surface area contributed by atoms with Crippen molar-refractivity contribution in [1.29, 1.82) is 0 Å². The van der Waals surface area contributed by atoms with Crippen LogP contribution in [0.5, 0.6) is 0 Å². The molecule has 9 nitrogen and oxygen atoms in total. The highest BCUT2D eigenvalue weighted by molar-refractivity contribution is 9.10. The molecule has 0 saturated heterocycles. The summed E-state index contributed by atoms with van der Waals surface area (Å²) < 4.78 is 4.95. The van der Waals surface area contributed by atoms with E-state index >= 15 is 0 Å². The summed E-state index contributed by atoms with van der Waals surface area (Å²) in [5.41, 5.74) is 0.542. The van der Waals surface area contributed by atoms with Gasteiger partial charge in [0.25, 0.3) is 5.56 Å². The van der Waals surface area contributed by atoms with Crippen molar-refractivity contribution < 1.29 is 10.2 Å². The molecule has 3 aromatic rings. The largest absolute Gasteiger partial charge is 0.394 e. The third-order valence-corrected chi connectivity index (χ3v) is 4.84. The number of nitrogens with zero attached hydrogens (tertiary/aromatic N) is 4. The van der Waals surface area contributed by atoms with E-state index in [-0.39, 0.29) is 17.7 Å². The Kier molecular flexibility index (Phi) is 5.49. The summed E-state index contributed by atoms with van der Waals surface area (Å²) in [6.07, 6.45) is -0.974. The SMILES string of the molecule is Cn1c(=O)c2c(nc(NCC(O)CO)n2Cc2ccc(Br)cc2)n(C)c1=O. The molecule has 0 aliphatic rings. The van der Waals surface area contributed by atoms with Crippen molar-refractivity contribution in [2.75, 3.05) is 18.5 Å². The minimum absolute atomic E-state index is 0.0500. The van der Waals surface area contributed by atoms with Crippen molar-refractivity contribution in [2.24, 2.45) is 14.1 Å². The Balaban J connectivity index is 2.18. The molecule has 0 aliphatic carbocycles. The van der Waals surface area contributed by atoms with Crippen molar-refractivity contribution in [3.63, 3.8) is 0 Å². The topological polar surface area (TPSA) is 114 Å². The number of rotatable bonds is 6. The van der Waals surface area contributed by atoms with Crippen LogP contribution in [-0.4, -0.2) is 48.2 Å². The number of halogens is 1. The normalized spacial score (nSPS) is 12.5. The lowest BCUT2D eigenvalue weighted by Crippen LogP contribution is -2.37. The van der Waals surface area contributed by atoms with Gasteiger partial charge in [0.2, 0.25) is 5.95 Å². The van der Waals surface area contributed by atoms with Crippen LogP contribution in [0.3, 0.4) is 0 Å². The number of aromatic nitrogens is 4. The first-order valence-corrected chi connectivity index (χ1v) is 9.06. The first-order valence-electron chi connectivity index (χ1n) is 8.27. The van der Waals surface area contributed by atoms with Gasteiger partial charge in [-0.15, -0.1) is 0 Å². The molecule has 3 N–H and O–H groups in total. The van der Waals surface area contributed by atoms with E-state index in [1.165, 1.54) is 11.6 Å². The molecule has 0 bridgehead atoms. The third kappa shape index (κ3) is 3.68. The van der Waals surface area contributed by atoms with Crippen LogP contribution in [0.15, 0.2) is 38.3 Å². The molecule has 0 aliphatic heterocycles. The van der Waals surface area contributed by atoms with Crippen LogP contribution in [-0.2, 0) is 20.6 Å². The average Bonchev–Trinajstić information content (AvgIpc) is 3.02. The molecular weight excluding hydrogens is 418 g/mol. The maximum absolute atomic E-state index is 12.7. The lowest BCUT2D eigenvalue weighted by atomic mass is 10.2. The van der Waals surface area contributed by atoms with Crippen LogP contribution < -0.4 is 16.6 Å². The molecule has 0 radical (unpaired) electrons. The maximum Gasteiger partial charge on any atom is 0.332 e. The van der Waals surface area contributed by atoms with E-state index in [1.807, 2.05) is 24.3 Å². The number of benzene rings is 1. The van der Waals surface area contributed by atoms with Gasteiger partial charge in [0, 0.05) is 25.1 Å². The van der Waals surface area contributed by atoms with Gasteiger partial charge in [-0.2, -0.15) is 4.98 Å². The molecular formula is C17H20BrN5O4. The van der Waals surface area contributed by atoms with Crippen molar-refractivity contribution in [3.05, 3.63) is 55.1 Å². The van der Waals surface area contributed by atoms with E-state index in [4.69, 9.17) is 5.11 Å². The van der Waals surface area contributed by atoms with E-state index < -0.39 is 24.0 Å². The van der Waals surface area contributed by atoms with Crippen LogP contribution in [0, 0.1) is 0 Å². The lowest BCUT2D eigenvalue weighted by molar-refractivity contribution is 0.105. The highest BCUT2D eigenvalue weighted by Crippen LogP contribution is 2.19. The van der Waals surface area contributed by atoms with Crippen LogP contribution in [0.1, 0.15) is 5.56 Å². The van der Waals surface area contributed by atoms with E-state index in [0.717, 1.165) is 14.6 Å². The summed E-state index contributed by atoms with van der Waals surface area (Å²) >= 11 is 3.39. The number of aryl methyl sites for hydroxylation is 1. The van der Waals surface area contributed by atoms with Gasteiger partial charge in [0.15, 0.2) is 11.2 Å². The molecule has 3 rings (SSSR count).